The molecule has 0 aliphatic carbocycles. The highest BCUT2D eigenvalue weighted by Crippen LogP contribution is 2.30. The number of pyridine rings is 1. The maximum atomic E-state index is 14.0. The Kier molecular flexibility index (Phi) is 8.04. The fourth-order valence-corrected chi connectivity index (χ4v) is 5.24. The molecular formula is C28H28ClN3O3S. The van der Waals surface area contributed by atoms with Crippen LogP contribution in [0.5, 0.6) is 0 Å². The molecule has 0 saturated heterocycles. The van der Waals surface area contributed by atoms with Gasteiger partial charge in [-0.25, -0.2) is 4.98 Å². The van der Waals surface area contributed by atoms with E-state index in [0.717, 1.165) is 40.9 Å². The van der Waals surface area contributed by atoms with Crippen molar-refractivity contribution >= 4 is 28.8 Å². The van der Waals surface area contributed by atoms with Crippen molar-refractivity contribution in [2.24, 2.45) is 0 Å². The molecule has 0 saturated carbocycles. The molecule has 0 aliphatic heterocycles. The molecule has 2 aromatic heterocycles. The van der Waals surface area contributed by atoms with Crippen LogP contribution in [0.3, 0.4) is 0 Å². The Hall–Kier alpha value is -3.26. The van der Waals surface area contributed by atoms with Gasteiger partial charge in [-0.3, -0.25) is 14.2 Å². The van der Waals surface area contributed by atoms with Crippen LogP contribution >= 0.6 is 22.9 Å². The SMILES string of the molecule is CCc1cccc(CC)c1-n1c(C)c(C(=O)NCCO)cc(-c2nc(-c3ccc(Cl)cc3)cs2)c1=O. The van der Waals surface area contributed by atoms with Crippen LogP contribution in [0.15, 0.2) is 58.7 Å². The van der Waals surface area contributed by atoms with Crippen molar-refractivity contribution in [3.63, 3.8) is 0 Å². The van der Waals surface area contributed by atoms with Crippen LogP contribution in [0.25, 0.3) is 27.5 Å². The van der Waals surface area contributed by atoms with Gasteiger partial charge in [0, 0.05) is 28.2 Å². The van der Waals surface area contributed by atoms with Gasteiger partial charge in [-0.05, 0) is 49.1 Å². The van der Waals surface area contributed by atoms with Crippen LogP contribution in [0.2, 0.25) is 5.02 Å². The van der Waals surface area contributed by atoms with Crippen molar-refractivity contribution in [3.05, 3.63) is 91.7 Å². The summed E-state index contributed by atoms with van der Waals surface area (Å²) in [5.74, 6) is -0.349. The van der Waals surface area contributed by atoms with E-state index in [2.05, 4.69) is 19.2 Å². The first-order chi connectivity index (χ1) is 17.4. The second-order valence-electron chi connectivity index (χ2n) is 8.35. The van der Waals surface area contributed by atoms with E-state index in [4.69, 9.17) is 16.6 Å². The summed E-state index contributed by atoms with van der Waals surface area (Å²) in [5, 5.41) is 15.0. The van der Waals surface area contributed by atoms with E-state index >= 15 is 0 Å². The first kappa shape index (κ1) is 25.8. The predicted molar refractivity (Wildman–Crippen MR) is 147 cm³/mol. The summed E-state index contributed by atoms with van der Waals surface area (Å²) in [7, 11) is 0. The molecule has 8 heteroatoms. The second kappa shape index (κ2) is 11.2. The molecule has 0 fully saturated rings. The van der Waals surface area contributed by atoms with Crippen LogP contribution in [-0.4, -0.2) is 33.7 Å². The number of carbonyl (C=O) groups is 1. The van der Waals surface area contributed by atoms with Crippen molar-refractivity contribution < 1.29 is 9.90 Å². The topological polar surface area (TPSA) is 84.2 Å². The summed E-state index contributed by atoms with van der Waals surface area (Å²) in [6.45, 7) is 5.84. The Balaban J connectivity index is 1.97. The molecule has 0 unspecified atom stereocenters. The maximum Gasteiger partial charge on any atom is 0.265 e. The minimum absolute atomic E-state index is 0.121. The number of aliphatic hydroxyl groups is 1. The van der Waals surface area contributed by atoms with Gasteiger partial charge in [0.2, 0.25) is 0 Å². The smallest absolute Gasteiger partial charge is 0.265 e. The van der Waals surface area contributed by atoms with Crippen molar-refractivity contribution in [2.45, 2.75) is 33.6 Å². The Morgan fingerprint density at radius 2 is 1.78 bits per heavy atom. The molecule has 2 aromatic carbocycles. The summed E-state index contributed by atoms with van der Waals surface area (Å²) in [6, 6.07) is 15.0. The highest BCUT2D eigenvalue weighted by molar-refractivity contribution is 7.13. The van der Waals surface area contributed by atoms with Crippen molar-refractivity contribution in [1.29, 1.82) is 0 Å². The van der Waals surface area contributed by atoms with E-state index in [9.17, 15) is 14.7 Å². The first-order valence-corrected chi connectivity index (χ1v) is 13.1. The molecule has 2 heterocycles. The lowest BCUT2D eigenvalue weighted by atomic mass is 10.0. The quantitative estimate of drug-likeness (QED) is 0.323. The fourth-order valence-electron chi connectivity index (χ4n) is 4.27. The van der Waals surface area contributed by atoms with Gasteiger partial charge in [0.05, 0.1) is 29.1 Å². The summed E-state index contributed by atoms with van der Waals surface area (Å²) < 4.78 is 1.66. The summed E-state index contributed by atoms with van der Waals surface area (Å²) in [4.78, 5) is 31.9. The number of benzene rings is 2. The monoisotopic (exact) mass is 521 g/mol. The van der Waals surface area contributed by atoms with E-state index in [-0.39, 0.29) is 24.6 Å². The van der Waals surface area contributed by atoms with Gasteiger partial charge in [0.25, 0.3) is 11.5 Å². The Morgan fingerprint density at radius 1 is 1.11 bits per heavy atom. The summed E-state index contributed by atoms with van der Waals surface area (Å²) in [6.07, 6.45) is 1.48. The Morgan fingerprint density at radius 3 is 2.39 bits per heavy atom. The van der Waals surface area contributed by atoms with Crippen LogP contribution in [0.1, 0.15) is 41.0 Å². The van der Waals surface area contributed by atoms with Crippen LogP contribution in [0.4, 0.5) is 0 Å². The molecule has 0 bridgehead atoms. The van der Waals surface area contributed by atoms with Crippen molar-refractivity contribution in [1.82, 2.24) is 14.9 Å². The summed E-state index contributed by atoms with van der Waals surface area (Å²) in [5.41, 5.74) is 5.54. The molecule has 0 spiro atoms. The lowest BCUT2D eigenvalue weighted by Gasteiger charge is -2.21. The lowest BCUT2D eigenvalue weighted by molar-refractivity contribution is 0.0943. The van der Waals surface area contributed by atoms with Crippen LogP contribution in [0, 0.1) is 6.92 Å². The number of amides is 1. The van der Waals surface area contributed by atoms with E-state index in [1.54, 1.807) is 29.7 Å². The van der Waals surface area contributed by atoms with E-state index in [1.807, 2.05) is 35.7 Å². The number of halogens is 1. The minimum atomic E-state index is -0.349. The largest absolute Gasteiger partial charge is 0.395 e. The minimum Gasteiger partial charge on any atom is -0.395 e. The maximum absolute atomic E-state index is 14.0. The van der Waals surface area contributed by atoms with Gasteiger partial charge in [-0.15, -0.1) is 11.3 Å². The highest BCUT2D eigenvalue weighted by atomic mass is 35.5. The summed E-state index contributed by atoms with van der Waals surface area (Å²) >= 11 is 7.38. The third-order valence-electron chi connectivity index (χ3n) is 6.15. The molecule has 0 radical (unpaired) electrons. The number of aromatic nitrogens is 2. The van der Waals surface area contributed by atoms with E-state index in [1.165, 1.54) is 11.3 Å². The first-order valence-electron chi connectivity index (χ1n) is 11.9. The molecule has 0 atom stereocenters. The van der Waals surface area contributed by atoms with Crippen molar-refractivity contribution in [3.8, 4) is 27.5 Å². The lowest BCUT2D eigenvalue weighted by Crippen LogP contribution is -2.32. The number of carbonyl (C=O) groups excluding carboxylic acids is 1. The number of thiazole rings is 1. The fraction of sp³-hybridized carbons (Fsp3) is 0.250. The standard InChI is InChI=1S/C28H28ClN3O3S/c1-4-18-7-6-8-19(5-2)25(18)32-17(3)22(26(34)30-13-14-33)15-23(28(32)35)27-31-24(16-36-27)20-9-11-21(29)12-10-20/h6-12,15-16,33H,4-5,13-14H2,1-3H3,(H,30,34). The molecule has 2 N–H and O–H groups in total. The molecule has 1 amide bonds. The Labute approximate surface area is 219 Å². The third kappa shape index (κ3) is 5.00. The van der Waals surface area contributed by atoms with Gasteiger partial charge in [0.1, 0.15) is 5.01 Å². The molecule has 4 aromatic rings. The average molecular weight is 522 g/mol. The normalized spacial score (nSPS) is 11.0. The number of para-hydroxylation sites is 1. The number of aryl methyl sites for hydroxylation is 2. The molecular weight excluding hydrogens is 494 g/mol. The number of rotatable bonds is 8. The number of nitrogens with one attached hydrogen (secondary N) is 1. The molecule has 36 heavy (non-hydrogen) atoms. The van der Waals surface area contributed by atoms with Crippen LogP contribution in [-0.2, 0) is 12.8 Å². The average Bonchev–Trinajstić information content (AvgIpc) is 3.37. The number of hydrogen-bond acceptors (Lipinski definition) is 5. The number of hydrogen-bond donors (Lipinski definition) is 2. The number of nitrogens with zero attached hydrogens (tertiary/aromatic N) is 2. The van der Waals surface area contributed by atoms with Gasteiger partial charge in [-0.2, -0.15) is 0 Å². The molecule has 6 nitrogen and oxygen atoms in total. The second-order valence-corrected chi connectivity index (χ2v) is 9.65. The zero-order chi connectivity index (χ0) is 25.8. The van der Waals surface area contributed by atoms with Gasteiger partial charge in [0.15, 0.2) is 0 Å². The van der Waals surface area contributed by atoms with Gasteiger partial charge < -0.3 is 10.4 Å². The zero-order valence-electron chi connectivity index (χ0n) is 20.5. The van der Waals surface area contributed by atoms with Crippen molar-refractivity contribution in [2.75, 3.05) is 13.2 Å². The van der Waals surface area contributed by atoms with Gasteiger partial charge >= 0.3 is 0 Å². The zero-order valence-corrected chi connectivity index (χ0v) is 22.0. The van der Waals surface area contributed by atoms with E-state index in [0.29, 0.717) is 26.9 Å². The van der Waals surface area contributed by atoms with Crippen LogP contribution < -0.4 is 10.9 Å². The molecule has 0 aliphatic rings. The van der Waals surface area contributed by atoms with E-state index < -0.39 is 0 Å². The number of aliphatic hydroxyl groups excluding tert-OH is 1. The Bertz CT molecular complexity index is 1440. The predicted octanol–water partition coefficient (Wildman–Crippen LogP) is 5.44. The third-order valence-corrected chi connectivity index (χ3v) is 7.28. The molecule has 4 rings (SSSR count). The highest BCUT2D eigenvalue weighted by Gasteiger charge is 2.23. The van der Waals surface area contributed by atoms with Gasteiger partial charge in [-0.1, -0.05) is 55.8 Å². The molecule has 186 valence electrons.